The third-order valence-electron chi connectivity index (χ3n) is 4.28. The van der Waals surface area contributed by atoms with Gasteiger partial charge in [-0.2, -0.15) is 0 Å². The maximum atomic E-state index is 4.45. The molecule has 1 aromatic heterocycles. The van der Waals surface area contributed by atoms with E-state index in [0.717, 1.165) is 18.5 Å². The first-order chi connectivity index (χ1) is 10.2. The number of hydrogen-bond acceptors (Lipinski definition) is 1. The Morgan fingerprint density at radius 2 is 1.67 bits per heavy atom. The number of fused-ring (bicyclic) bond motifs is 1. The number of aromatic nitrogens is 2. The van der Waals surface area contributed by atoms with Crippen LogP contribution in [0.25, 0.3) is 11.0 Å². The van der Waals surface area contributed by atoms with Crippen molar-refractivity contribution in [2.24, 2.45) is 0 Å². The molecule has 0 saturated carbocycles. The Labute approximate surface area is 126 Å². The van der Waals surface area contributed by atoms with Gasteiger partial charge in [-0.3, -0.25) is 0 Å². The minimum Gasteiger partial charge on any atom is -0.331 e. The van der Waals surface area contributed by atoms with Crippen LogP contribution in [0.5, 0.6) is 0 Å². The van der Waals surface area contributed by atoms with Crippen molar-refractivity contribution in [3.8, 4) is 0 Å². The SMILES string of the molecule is CC(C)(CCCn1cnc2ccccc21)c1ccccc1. The molecule has 0 bridgehead atoms. The molecule has 3 rings (SSSR count). The highest BCUT2D eigenvalue weighted by Crippen LogP contribution is 2.28. The normalized spacial score (nSPS) is 11.9. The minimum atomic E-state index is 0.220. The summed E-state index contributed by atoms with van der Waals surface area (Å²) in [5, 5.41) is 0. The smallest absolute Gasteiger partial charge is 0.0958 e. The van der Waals surface area contributed by atoms with Gasteiger partial charge in [0.05, 0.1) is 17.4 Å². The summed E-state index contributed by atoms with van der Waals surface area (Å²) in [4.78, 5) is 4.45. The van der Waals surface area contributed by atoms with Gasteiger partial charge in [-0.1, -0.05) is 56.3 Å². The quantitative estimate of drug-likeness (QED) is 0.656. The third kappa shape index (κ3) is 2.99. The number of benzene rings is 2. The van der Waals surface area contributed by atoms with Crippen LogP contribution in [0.15, 0.2) is 60.9 Å². The number of para-hydroxylation sites is 2. The van der Waals surface area contributed by atoms with Crippen LogP contribution < -0.4 is 0 Å². The van der Waals surface area contributed by atoms with Crippen LogP contribution in [-0.4, -0.2) is 9.55 Å². The van der Waals surface area contributed by atoms with Crippen molar-refractivity contribution < 1.29 is 0 Å². The first kappa shape index (κ1) is 13.9. The molecule has 0 N–H and O–H groups in total. The standard InChI is InChI=1S/C19H22N2/c1-19(2,16-9-4-3-5-10-16)13-8-14-21-15-20-17-11-6-7-12-18(17)21/h3-7,9-12,15H,8,13-14H2,1-2H3. The van der Waals surface area contributed by atoms with E-state index in [2.05, 4.69) is 71.9 Å². The average molecular weight is 278 g/mol. The van der Waals surface area contributed by atoms with E-state index in [1.54, 1.807) is 0 Å². The molecule has 0 spiro atoms. The second-order valence-electron chi connectivity index (χ2n) is 6.28. The van der Waals surface area contributed by atoms with Crippen LogP contribution in [0.1, 0.15) is 32.3 Å². The van der Waals surface area contributed by atoms with Crippen molar-refractivity contribution in [3.63, 3.8) is 0 Å². The highest BCUT2D eigenvalue weighted by atomic mass is 15.0. The number of imidazole rings is 1. The van der Waals surface area contributed by atoms with Gasteiger partial charge in [-0.15, -0.1) is 0 Å². The zero-order valence-corrected chi connectivity index (χ0v) is 12.8. The predicted molar refractivity (Wildman–Crippen MR) is 88.4 cm³/mol. The lowest BCUT2D eigenvalue weighted by atomic mass is 9.80. The number of nitrogens with zero attached hydrogens (tertiary/aromatic N) is 2. The molecule has 3 aromatic rings. The first-order valence-electron chi connectivity index (χ1n) is 7.62. The molecule has 0 aliphatic carbocycles. The molecule has 0 radical (unpaired) electrons. The van der Waals surface area contributed by atoms with E-state index >= 15 is 0 Å². The first-order valence-corrected chi connectivity index (χ1v) is 7.62. The predicted octanol–water partition coefficient (Wildman–Crippen LogP) is 4.79. The lowest BCUT2D eigenvalue weighted by Crippen LogP contribution is -2.17. The molecule has 21 heavy (non-hydrogen) atoms. The van der Waals surface area contributed by atoms with Gasteiger partial charge in [0.25, 0.3) is 0 Å². The molecule has 2 aromatic carbocycles. The van der Waals surface area contributed by atoms with Crippen LogP contribution in [-0.2, 0) is 12.0 Å². The van der Waals surface area contributed by atoms with Crippen LogP contribution in [0.3, 0.4) is 0 Å². The van der Waals surface area contributed by atoms with Crippen molar-refractivity contribution in [1.29, 1.82) is 0 Å². The molecule has 0 aliphatic rings. The van der Waals surface area contributed by atoms with Gasteiger partial charge >= 0.3 is 0 Å². The zero-order chi connectivity index (χ0) is 14.7. The number of hydrogen-bond donors (Lipinski definition) is 0. The minimum absolute atomic E-state index is 0.220. The molecule has 0 amide bonds. The Kier molecular flexibility index (Phi) is 3.78. The Balaban J connectivity index is 1.66. The van der Waals surface area contributed by atoms with Gasteiger partial charge in [0.15, 0.2) is 0 Å². The van der Waals surface area contributed by atoms with E-state index < -0.39 is 0 Å². The van der Waals surface area contributed by atoms with E-state index in [4.69, 9.17) is 0 Å². The fraction of sp³-hybridized carbons (Fsp3) is 0.316. The number of rotatable bonds is 5. The molecule has 0 atom stereocenters. The fourth-order valence-electron chi connectivity index (χ4n) is 2.91. The lowest BCUT2D eigenvalue weighted by Gasteiger charge is -2.25. The molecule has 0 fully saturated rings. The molecule has 0 aliphatic heterocycles. The van der Waals surface area contributed by atoms with Gasteiger partial charge in [0, 0.05) is 6.54 Å². The van der Waals surface area contributed by atoms with Crippen LogP contribution in [0.4, 0.5) is 0 Å². The lowest BCUT2D eigenvalue weighted by molar-refractivity contribution is 0.441. The molecule has 0 saturated heterocycles. The van der Waals surface area contributed by atoms with Gasteiger partial charge in [0.2, 0.25) is 0 Å². The summed E-state index contributed by atoms with van der Waals surface area (Å²) in [5.41, 5.74) is 3.95. The van der Waals surface area contributed by atoms with Gasteiger partial charge < -0.3 is 4.57 Å². The monoisotopic (exact) mass is 278 g/mol. The van der Waals surface area contributed by atoms with Crippen molar-refractivity contribution in [2.45, 2.75) is 38.6 Å². The molecule has 108 valence electrons. The molecule has 2 heteroatoms. The summed E-state index contributed by atoms with van der Waals surface area (Å²) < 4.78 is 2.26. The van der Waals surface area contributed by atoms with Crippen molar-refractivity contribution in [3.05, 3.63) is 66.5 Å². The van der Waals surface area contributed by atoms with E-state index in [0.29, 0.717) is 0 Å². The molecule has 0 unspecified atom stereocenters. The van der Waals surface area contributed by atoms with Crippen LogP contribution in [0.2, 0.25) is 0 Å². The van der Waals surface area contributed by atoms with E-state index in [-0.39, 0.29) is 5.41 Å². The maximum Gasteiger partial charge on any atom is 0.0958 e. The van der Waals surface area contributed by atoms with Gasteiger partial charge in [-0.25, -0.2) is 4.98 Å². The largest absolute Gasteiger partial charge is 0.331 e. The van der Waals surface area contributed by atoms with E-state index in [9.17, 15) is 0 Å². The molecule has 1 heterocycles. The average Bonchev–Trinajstić information content (AvgIpc) is 2.92. The van der Waals surface area contributed by atoms with Crippen LogP contribution >= 0.6 is 0 Å². The summed E-state index contributed by atoms with van der Waals surface area (Å²) in [6, 6.07) is 19.1. The van der Waals surface area contributed by atoms with Gasteiger partial charge in [-0.05, 0) is 36.0 Å². The van der Waals surface area contributed by atoms with Crippen molar-refractivity contribution >= 4 is 11.0 Å². The third-order valence-corrected chi connectivity index (χ3v) is 4.28. The van der Waals surface area contributed by atoms with Crippen molar-refractivity contribution in [2.75, 3.05) is 0 Å². The van der Waals surface area contributed by atoms with Gasteiger partial charge in [0.1, 0.15) is 0 Å². The van der Waals surface area contributed by atoms with Crippen LogP contribution in [0, 0.1) is 0 Å². The number of aryl methyl sites for hydroxylation is 1. The summed E-state index contributed by atoms with van der Waals surface area (Å²) in [6.45, 7) is 5.68. The summed E-state index contributed by atoms with van der Waals surface area (Å²) in [5.74, 6) is 0. The topological polar surface area (TPSA) is 17.8 Å². The summed E-state index contributed by atoms with van der Waals surface area (Å²) in [7, 11) is 0. The molecular formula is C19H22N2. The fourth-order valence-corrected chi connectivity index (χ4v) is 2.91. The Bertz CT molecular complexity index is 711. The second-order valence-corrected chi connectivity index (χ2v) is 6.28. The second kappa shape index (κ2) is 5.72. The van der Waals surface area contributed by atoms with E-state index in [1.165, 1.54) is 17.5 Å². The Morgan fingerprint density at radius 1 is 0.952 bits per heavy atom. The zero-order valence-electron chi connectivity index (χ0n) is 12.8. The highest BCUT2D eigenvalue weighted by Gasteiger charge is 2.19. The maximum absolute atomic E-state index is 4.45. The van der Waals surface area contributed by atoms with E-state index in [1.807, 2.05) is 12.4 Å². The summed E-state index contributed by atoms with van der Waals surface area (Å²) >= 11 is 0. The highest BCUT2D eigenvalue weighted by molar-refractivity contribution is 5.74. The molecular weight excluding hydrogens is 256 g/mol. The van der Waals surface area contributed by atoms with Crippen molar-refractivity contribution in [1.82, 2.24) is 9.55 Å². The Hall–Kier alpha value is -2.09. The molecule has 2 nitrogen and oxygen atoms in total. The summed E-state index contributed by atoms with van der Waals surface area (Å²) in [6.07, 6.45) is 4.28. The Morgan fingerprint density at radius 3 is 2.48 bits per heavy atom.